The second kappa shape index (κ2) is 6.96. The molecule has 3 aliphatic heterocycles. The molecule has 3 saturated heterocycles. The van der Waals surface area contributed by atoms with Crippen LogP contribution in [0.15, 0.2) is 35.2 Å². The number of nitrogens with zero attached hydrogens (tertiary/aromatic N) is 2. The molecule has 0 bridgehead atoms. The minimum Gasteiger partial charge on any atom is -0.379 e. The average Bonchev–Trinajstić information content (AvgIpc) is 3.07. The van der Waals surface area contributed by atoms with Crippen molar-refractivity contribution in [2.75, 3.05) is 46.0 Å². The van der Waals surface area contributed by atoms with Gasteiger partial charge in [0.15, 0.2) is 0 Å². The highest BCUT2D eigenvalue weighted by atomic mass is 32.2. The van der Waals surface area contributed by atoms with Gasteiger partial charge in [-0.15, -0.1) is 0 Å². The number of hydrogen-bond donors (Lipinski definition) is 0. The van der Waals surface area contributed by atoms with E-state index < -0.39 is 10.0 Å². The lowest BCUT2D eigenvalue weighted by molar-refractivity contribution is -0.0696. The predicted octanol–water partition coefficient (Wildman–Crippen LogP) is 1.54. The summed E-state index contributed by atoms with van der Waals surface area (Å²) in [7, 11) is -3.38. The van der Waals surface area contributed by atoms with Crippen molar-refractivity contribution in [1.82, 2.24) is 9.21 Å². The van der Waals surface area contributed by atoms with Gasteiger partial charge in [0.1, 0.15) is 6.23 Å². The number of sulfonamides is 1. The molecule has 1 aromatic carbocycles. The summed E-state index contributed by atoms with van der Waals surface area (Å²) in [5.74, 6) is 0. The smallest absolute Gasteiger partial charge is 0.243 e. The summed E-state index contributed by atoms with van der Waals surface area (Å²) in [5, 5.41) is 0. The van der Waals surface area contributed by atoms with Gasteiger partial charge in [-0.3, -0.25) is 4.90 Å². The van der Waals surface area contributed by atoms with Gasteiger partial charge in [-0.2, -0.15) is 4.31 Å². The third-order valence-corrected chi connectivity index (χ3v) is 7.72. The maximum absolute atomic E-state index is 12.8. The molecule has 3 fully saturated rings. The molecular formula is C18H26N2O4S. The van der Waals surface area contributed by atoms with Gasteiger partial charge in [-0.1, -0.05) is 18.2 Å². The third kappa shape index (κ3) is 3.48. The van der Waals surface area contributed by atoms with E-state index in [9.17, 15) is 8.42 Å². The zero-order chi connectivity index (χ0) is 17.3. The summed E-state index contributed by atoms with van der Waals surface area (Å²) in [4.78, 5) is 2.76. The summed E-state index contributed by atoms with van der Waals surface area (Å²) >= 11 is 0. The van der Waals surface area contributed by atoms with Crippen LogP contribution in [0, 0.1) is 5.41 Å². The molecule has 1 atom stereocenters. The quantitative estimate of drug-likeness (QED) is 0.812. The number of rotatable bonds is 3. The largest absolute Gasteiger partial charge is 0.379 e. The maximum atomic E-state index is 12.8. The van der Waals surface area contributed by atoms with Gasteiger partial charge in [0.25, 0.3) is 0 Å². The molecule has 138 valence electrons. The van der Waals surface area contributed by atoms with Crippen molar-refractivity contribution >= 4 is 10.0 Å². The molecule has 7 heteroatoms. The Hall–Kier alpha value is -0.990. The van der Waals surface area contributed by atoms with Crippen LogP contribution >= 0.6 is 0 Å². The minimum absolute atomic E-state index is 0.131. The Morgan fingerprint density at radius 2 is 1.68 bits per heavy atom. The maximum Gasteiger partial charge on any atom is 0.243 e. The first-order valence-corrected chi connectivity index (χ1v) is 10.5. The fourth-order valence-electron chi connectivity index (χ4n) is 4.15. The van der Waals surface area contributed by atoms with Gasteiger partial charge in [0.05, 0.1) is 24.7 Å². The SMILES string of the molecule is O=S(=O)(c1ccccc1)N1CCC2(CC1)CO[C@@H](N1CCOCC1)C2. The van der Waals surface area contributed by atoms with Crippen LogP contribution in [0.25, 0.3) is 0 Å². The van der Waals surface area contributed by atoms with Crippen LogP contribution < -0.4 is 0 Å². The lowest BCUT2D eigenvalue weighted by atomic mass is 9.78. The molecule has 0 saturated carbocycles. The van der Waals surface area contributed by atoms with E-state index >= 15 is 0 Å². The molecule has 6 nitrogen and oxygen atoms in total. The van der Waals surface area contributed by atoms with Crippen LogP contribution in [0.4, 0.5) is 0 Å². The van der Waals surface area contributed by atoms with Gasteiger partial charge in [0.2, 0.25) is 10.0 Å². The molecule has 0 aromatic heterocycles. The van der Waals surface area contributed by atoms with E-state index in [2.05, 4.69) is 4.90 Å². The number of ether oxygens (including phenoxy) is 2. The zero-order valence-corrected chi connectivity index (χ0v) is 15.3. The highest BCUT2D eigenvalue weighted by molar-refractivity contribution is 7.89. The first-order valence-electron chi connectivity index (χ1n) is 9.08. The van der Waals surface area contributed by atoms with E-state index in [-0.39, 0.29) is 11.6 Å². The zero-order valence-electron chi connectivity index (χ0n) is 14.5. The first kappa shape index (κ1) is 17.4. The highest BCUT2D eigenvalue weighted by Crippen LogP contribution is 2.43. The fraction of sp³-hybridized carbons (Fsp3) is 0.667. The molecule has 4 rings (SSSR count). The summed E-state index contributed by atoms with van der Waals surface area (Å²) in [6.45, 7) is 5.30. The molecule has 3 aliphatic rings. The van der Waals surface area contributed by atoms with Crippen LogP contribution in [-0.2, 0) is 19.5 Å². The second-order valence-corrected chi connectivity index (χ2v) is 9.27. The van der Waals surface area contributed by atoms with Crippen LogP contribution in [0.5, 0.6) is 0 Å². The van der Waals surface area contributed by atoms with E-state index in [0.717, 1.165) is 52.2 Å². The van der Waals surface area contributed by atoms with Gasteiger partial charge in [-0.05, 0) is 31.4 Å². The Morgan fingerprint density at radius 1 is 1.00 bits per heavy atom. The third-order valence-electron chi connectivity index (χ3n) is 5.81. The number of piperidine rings is 1. The Bertz CT molecular complexity index is 680. The summed E-state index contributed by atoms with van der Waals surface area (Å²) in [5.41, 5.74) is 0.131. The van der Waals surface area contributed by atoms with Gasteiger partial charge in [0, 0.05) is 31.6 Å². The van der Waals surface area contributed by atoms with Crippen LogP contribution in [0.1, 0.15) is 19.3 Å². The molecule has 1 aromatic rings. The second-order valence-electron chi connectivity index (χ2n) is 7.34. The lowest BCUT2D eigenvalue weighted by Crippen LogP contribution is -2.45. The molecule has 3 heterocycles. The molecule has 0 N–H and O–H groups in total. The van der Waals surface area contributed by atoms with Crippen LogP contribution in [-0.4, -0.2) is 69.9 Å². The Morgan fingerprint density at radius 3 is 2.36 bits per heavy atom. The Balaban J connectivity index is 1.38. The van der Waals surface area contributed by atoms with Gasteiger partial charge in [-0.25, -0.2) is 8.42 Å². The standard InChI is InChI=1S/C18H26N2O4S/c21-25(22,16-4-2-1-3-5-16)20-8-6-18(7-9-20)14-17(24-15-18)19-10-12-23-13-11-19/h1-5,17H,6-15H2/t17-/m1/s1. The van der Waals surface area contributed by atoms with Gasteiger partial charge >= 0.3 is 0 Å². The van der Waals surface area contributed by atoms with Crippen molar-refractivity contribution in [3.8, 4) is 0 Å². The lowest BCUT2D eigenvalue weighted by Gasteiger charge is -2.38. The molecule has 0 radical (unpaired) electrons. The molecule has 1 spiro atoms. The minimum atomic E-state index is -3.38. The van der Waals surface area contributed by atoms with Crippen molar-refractivity contribution in [1.29, 1.82) is 0 Å². The number of benzene rings is 1. The van der Waals surface area contributed by atoms with E-state index in [1.54, 1.807) is 28.6 Å². The first-order chi connectivity index (χ1) is 12.1. The predicted molar refractivity (Wildman–Crippen MR) is 93.6 cm³/mol. The molecule has 0 amide bonds. The summed E-state index contributed by atoms with van der Waals surface area (Å²) in [6.07, 6.45) is 2.92. The number of morpholine rings is 1. The van der Waals surface area contributed by atoms with Gasteiger partial charge < -0.3 is 9.47 Å². The molecule has 0 unspecified atom stereocenters. The van der Waals surface area contributed by atoms with Crippen LogP contribution in [0.2, 0.25) is 0 Å². The monoisotopic (exact) mass is 366 g/mol. The summed E-state index contributed by atoms with van der Waals surface area (Å²) in [6, 6.07) is 8.73. The Kier molecular flexibility index (Phi) is 4.85. The molecule has 25 heavy (non-hydrogen) atoms. The molecular weight excluding hydrogens is 340 g/mol. The van der Waals surface area contributed by atoms with Crippen LogP contribution in [0.3, 0.4) is 0 Å². The van der Waals surface area contributed by atoms with Crippen molar-refractivity contribution in [3.63, 3.8) is 0 Å². The topological polar surface area (TPSA) is 59.1 Å². The summed E-state index contributed by atoms with van der Waals surface area (Å²) < 4.78 is 38.7. The van der Waals surface area contributed by atoms with Crippen molar-refractivity contribution in [3.05, 3.63) is 30.3 Å². The fourth-order valence-corrected chi connectivity index (χ4v) is 5.61. The average molecular weight is 366 g/mol. The van der Waals surface area contributed by atoms with Crippen molar-refractivity contribution < 1.29 is 17.9 Å². The van der Waals surface area contributed by atoms with E-state index in [0.29, 0.717) is 18.0 Å². The Labute approximate surface area is 149 Å². The van der Waals surface area contributed by atoms with E-state index in [1.165, 1.54) is 0 Å². The van der Waals surface area contributed by atoms with E-state index in [1.807, 2.05) is 6.07 Å². The van der Waals surface area contributed by atoms with Crippen molar-refractivity contribution in [2.45, 2.75) is 30.4 Å². The number of hydrogen-bond acceptors (Lipinski definition) is 5. The van der Waals surface area contributed by atoms with Crippen molar-refractivity contribution in [2.24, 2.45) is 5.41 Å². The molecule has 0 aliphatic carbocycles. The highest BCUT2D eigenvalue weighted by Gasteiger charge is 2.46. The normalized spacial score (nSPS) is 28.4. The van der Waals surface area contributed by atoms with E-state index in [4.69, 9.17) is 9.47 Å².